The van der Waals surface area contributed by atoms with Crippen LogP contribution >= 0.6 is 15.9 Å². The van der Waals surface area contributed by atoms with Crippen molar-refractivity contribution in [1.29, 1.82) is 0 Å². The number of hydrogen-bond acceptors (Lipinski definition) is 4. The fourth-order valence-corrected chi connectivity index (χ4v) is 2.32. The van der Waals surface area contributed by atoms with Crippen LogP contribution < -0.4 is 5.73 Å². The molecule has 5 heteroatoms. The number of nitrogens with two attached hydrogens (primary N) is 1. The molecule has 2 heterocycles. The van der Waals surface area contributed by atoms with E-state index in [1.165, 1.54) is 0 Å². The number of hydrogen-bond donors (Lipinski definition) is 1. The SMILES string of the molecule is Nc1nc(-c2cccnc2)cc(-c2cccc(Br)c2)n1. The molecule has 0 aliphatic rings. The van der Waals surface area contributed by atoms with Gasteiger partial charge < -0.3 is 5.73 Å². The zero-order valence-corrected chi connectivity index (χ0v) is 12.1. The van der Waals surface area contributed by atoms with Crippen LogP contribution in [0.5, 0.6) is 0 Å². The van der Waals surface area contributed by atoms with Crippen LogP contribution in [-0.2, 0) is 0 Å². The fourth-order valence-electron chi connectivity index (χ4n) is 1.92. The van der Waals surface area contributed by atoms with Crippen LogP contribution in [0.1, 0.15) is 0 Å². The molecule has 2 aromatic heterocycles. The topological polar surface area (TPSA) is 64.7 Å². The molecule has 3 aromatic rings. The predicted octanol–water partition coefficient (Wildman–Crippen LogP) is 3.55. The van der Waals surface area contributed by atoms with Crippen molar-refractivity contribution in [3.63, 3.8) is 0 Å². The third-order valence-corrected chi connectivity index (χ3v) is 3.31. The highest BCUT2D eigenvalue weighted by molar-refractivity contribution is 9.10. The summed E-state index contributed by atoms with van der Waals surface area (Å²) in [4.78, 5) is 12.7. The van der Waals surface area contributed by atoms with Crippen LogP contribution in [0, 0.1) is 0 Å². The van der Waals surface area contributed by atoms with Crippen LogP contribution in [0.2, 0.25) is 0 Å². The lowest BCUT2D eigenvalue weighted by Gasteiger charge is -2.06. The summed E-state index contributed by atoms with van der Waals surface area (Å²) in [6, 6.07) is 13.6. The summed E-state index contributed by atoms with van der Waals surface area (Å²) in [6.07, 6.45) is 3.48. The summed E-state index contributed by atoms with van der Waals surface area (Å²) in [5.74, 6) is 0.251. The summed E-state index contributed by atoms with van der Waals surface area (Å²) in [7, 11) is 0. The molecule has 0 fully saturated rings. The van der Waals surface area contributed by atoms with Crippen molar-refractivity contribution in [2.75, 3.05) is 5.73 Å². The first-order valence-electron chi connectivity index (χ1n) is 6.03. The van der Waals surface area contributed by atoms with E-state index in [4.69, 9.17) is 5.73 Å². The number of pyridine rings is 1. The second-order valence-electron chi connectivity index (χ2n) is 4.25. The van der Waals surface area contributed by atoms with Gasteiger partial charge in [0.25, 0.3) is 0 Å². The van der Waals surface area contributed by atoms with E-state index in [-0.39, 0.29) is 5.95 Å². The van der Waals surface area contributed by atoms with Crippen molar-refractivity contribution in [2.45, 2.75) is 0 Å². The van der Waals surface area contributed by atoms with E-state index in [0.717, 1.165) is 27.0 Å². The van der Waals surface area contributed by atoms with Crippen LogP contribution in [-0.4, -0.2) is 15.0 Å². The van der Waals surface area contributed by atoms with Crippen LogP contribution in [0.3, 0.4) is 0 Å². The van der Waals surface area contributed by atoms with Gasteiger partial charge in [-0.25, -0.2) is 9.97 Å². The predicted molar refractivity (Wildman–Crippen MR) is 82.8 cm³/mol. The molecule has 0 aliphatic carbocycles. The first-order chi connectivity index (χ1) is 9.72. The lowest BCUT2D eigenvalue weighted by atomic mass is 10.1. The number of nitrogen functional groups attached to an aromatic ring is 1. The van der Waals surface area contributed by atoms with Gasteiger partial charge >= 0.3 is 0 Å². The Hall–Kier alpha value is -2.27. The standard InChI is InChI=1S/C15H11BrN4/c16-12-5-1-3-10(7-12)13-8-14(20-15(17)19-13)11-4-2-6-18-9-11/h1-9H,(H2,17,19,20). The molecule has 0 spiro atoms. The Balaban J connectivity index is 2.12. The van der Waals surface area contributed by atoms with Crippen molar-refractivity contribution in [1.82, 2.24) is 15.0 Å². The Bertz CT molecular complexity index is 744. The minimum Gasteiger partial charge on any atom is -0.368 e. The van der Waals surface area contributed by atoms with Gasteiger partial charge in [-0.2, -0.15) is 0 Å². The molecule has 3 rings (SSSR count). The van der Waals surface area contributed by atoms with E-state index in [1.807, 2.05) is 42.5 Å². The van der Waals surface area contributed by atoms with E-state index in [9.17, 15) is 0 Å². The van der Waals surface area contributed by atoms with Gasteiger partial charge in [0.15, 0.2) is 0 Å². The van der Waals surface area contributed by atoms with Crippen molar-refractivity contribution in [3.05, 3.63) is 59.3 Å². The van der Waals surface area contributed by atoms with E-state index in [1.54, 1.807) is 12.4 Å². The number of benzene rings is 1. The Kier molecular flexibility index (Phi) is 3.43. The zero-order valence-electron chi connectivity index (χ0n) is 10.5. The first kappa shape index (κ1) is 12.7. The van der Waals surface area contributed by atoms with Gasteiger partial charge in [0.1, 0.15) is 0 Å². The third kappa shape index (κ3) is 2.67. The van der Waals surface area contributed by atoms with Gasteiger partial charge in [-0.3, -0.25) is 4.98 Å². The first-order valence-corrected chi connectivity index (χ1v) is 6.82. The molecule has 0 saturated carbocycles. The summed E-state index contributed by atoms with van der Waals surface area (Å²) in [5, 5.41) is 0. The Morgan fingerprint density at radius 2 is 1.65 bits per heavy atom. The fraction of sp³-hybridized carbons (Fsp3) is 0. The normalized spacial score (nSPS) is 10.4. The molecule has 0 saturated heterocycles. The number of nitrogens with zero attached hydrogens (tertiary/aromatic N) is 3. The Morgan fingerprint density at radius 1 is 0.900 bits per heavy atom. The van der Waals surface area contributed by atoms with E-state index in [0.29, 0.717) is 0 Å². The molecule has 1 aromatic carbocycles. The van der Waals surface area contributed by atoms with Crippen LogP contribution in [0.15, 0.2) is 59.3 Å². The molecule has 0 radical (unpaired) electrons. The monoisotopic (exact) mass is 326 g/mol. The molecule has 2 N–H and O–H groups in total. The van der Waals surface area contributed by atoms with Crippen LogP contribution in [0.25, 0.3) is 22.5 Å². The van der Waals surface area contributed by atoms with Crippen LogP contribution in [0.4, 0.5) is 5.95 Å². The second-order valence-corrected chi connectivity index (χ2v) is 5.16. The minimum atomic E-state index is 0.251. The van der Waals surface area contributed by atoms with E-state index >= 15 is 0 Å². The molecule has 98 valence electrons. The molecule has 0 atom stereocenters. The lowest BCUT2D eigenvalue weighted by Crippen LogP contribution is -1.98. The highest BCUT2D eigenvalue weighted by Gasteiger charge is 2.07. The Morgan fingerprint density at radius 3 is 2.35 bits per heavy atom. The van der Waals surface area contributed by atoms with Crippen molar-refractivity contribution in [2.24, 2.45) is 0 Å². The van der Waals surface area contributed by atoms with Crippen molar-refractivity contribution in [3.8, 4) is 22.5 Å². The molecule has 0 aliphatic heterocycles. The Labute approximate surface area is 124 Å². The zero-order chi connectivity index (χ0) is 13.9. The van der Waals surface area contributed by atoms with Gasteiger partial charge in [-0.1, -0.05) is 28.1 Å². The largest absolute Gasteiger partial charge is 0.368 e. The molecule has 20 heavy (non-hydrogen) atoms. The van der Waals surface area contributed by atoms with Gasteiger partial charge in [-0.05, 0) is 30.3 Å². The minimum absolute atomic E-state index is 0.251. The van der Waals surface area contributed by atoms with Gasteiger partial charge in [0.05, 0.1) is 11.4 Å². The highest BCUT2D eigenvalue weighted by Crippen LogP contribution is 2.25. The third-order valence-electron chi connectivity index (χ3n) is 2.82. The van der Waals surface area contributed by atoms with Gasteiger partial charge in [0.2, 0.25) is 5.95 Å². The van der Waals surface area contributed by atoms with E-state index < -0.39 is 0 Å². The number of anilines is 1. The number of halogens is 1. The van der Waals surface area contributed by atoms with Gasteiger partial charge in [-0.15, -0.1) is 0 Å². The summed E-state index contributed by atoms with van der Waals surface area (Å²) >= 11 is 3.46. The number of aromatic nitrogens is 3. The average molecular weight is 327 g/mol. The van der Waals surface area contributed by atoms with Gasteiger partial charge in [0, 0.05) is 28.0 Å². The lowest BCUT2D eigenvalue weighted by molar-refractivity contribution is 1.18. The molecular formula is C15H11BrN4. The van der Waals surface area contributed by atoms with E-state index in [2.05, 4.69) is 30.9 Å². The molecule has 0 unspecified atom stereocenters. The number of rotatable bonds is 2. The molecular weight excluding hydrogens is 316 g/mol. The smallest absolute Gasteiger partial charge is 0.221 e. The quantitative estimate of drug-likeness (QED) is 0.782. The maximum Gasteiger partial charge on any atom is 0.221 e. The average Bonchev–Trinajstić information content (AvgIpc) is 2.47. The second kappa shape index (κ2) is 5.38. The molecule has 0 bridgehead atoms. The maximum atomic E-state index is 5.82. The summed E-state index contributed by atoms with van der Waals surface area (Å²) in [6.45, 7) is 0. The van der Waals surface area contributed by atoms with Crippen molar-refractivity contribution < 1.29 is 0 Å². The molecule has 0 amide bonds. The summed E-state index contributed by atoms with van der Waals surface area (Å²) in [5.41, 5.74) is 9.27. The maximum absolute atomic E-state index is 5.82. The summed E-state index contributed by atoms with van der Waals surface area (Å²) < 4.78 is 0.995. The van der Waals surface area contributed by atoms with Crippen molar-refractivity contribution >= 4 is 21.9 Å². The molecule has 4 nitrogen and oxygen atoms in total. The highest BCUT2D eigenvalue weighted by atomic mass is 79.9.